The minimum Gasteiger partial charge on any atom is -0.379 e. The Morgan fingerprint density at radius 1 is 1.62 bits per heavy atom. The molecule has 3 N–H and O–H groups in total. The zero-order chi connectivity index (χ0) is 9.84. The predicted molar refractivity (Wildman–Crippen MR) is 50.2 cm³/mol. The Bertz CT molecular complexity index is 176. The highest BCUT2D eigenvalue weighted by molar-refractivity contribution is 5.82. The summed E-state index contributed by atoms with van der Waals surface area (Å²) in [6.07, 6.45) is 0.899. The lowest BCUT2D eigenvalue weighted by molar-refractivity contribution is -0.123. The summed E-state index contributed by atoms with van der Waals surface area (Å²) < 4.78 is 5.14. The number of hydrogen-bond donors (Lipinski definition) is 2. The quantitative estimate of drug-likeness (QED) is 0.645. The third kappa shape index (κ3) is 2.97. The van der Waals surface area contributed by atoms with Crippen LogP contribution in [0.2, 0.25) is 0 Å². The van der Waals surface area contributed by atoms with Gasteiger partial charge in [-0.15, -0.1) is 0 Å². The molecule has 0 bridgehead atoms. The van der Waals surface area contributed by atoms with Crippen LogP contribution >= 0.6 is 0 Å². The number of ether oxygens (including phenoxy) is 1. The largest absolute Gasteiger partial charge is 0.379 e. The normalized spacial score (nSPS) is 24.8. The lowest BCUT2D eigenvalue weighted by Gasteiger charge is -2.18. The first-order valence-electron chi connectivity index (χ1n) is 4.75. The molecule has 1 rings (SSSR count). The Morgan fingerprint density at radius 2 is 2.31 bits per heavy atom. The van der Waals surface area contributed by atoms with Crippen molar-refractivity contribution in [2.24, 2.45) is 11.7 Å². The van der Waals surface area contributed by atoms with Crippen LogP contribution in [0.1, 0.15) is 20.3 Å². The minimum atomic E-state index is -0.402. The third-order valence-corrected chi connectivity index (χ3v) is 2.30. The van der Waals surface area contributed by atoms with Crippen molar-refractivity contribution in [2.45, 2.75) is 32.4 Å². The van der Waals surface area contributed by atoms with Crippen LogP contribution in [0.15, 0.2) is 0 Å². The Kier molecular flexibility index (Phi) is 3.69. The van der Waals surface area contributed by atoms with Crippen molar-refractivity contribution in [1.82, 2.24) is 5.32 Å². The number of nitrogens with two attached hydrogens (primary N) is 1. The molecular formula is C9H18N2O2. The summed E-state index contributed by atoms with van der Waals surface area (Å²) in [6.45, 7) is 5.24. The van der Waals surface area contributed by atoms with E-state index in [4.69, 9.17) is 10.5 Å². The van der Waals surface area contributed by atoms with Gasteiger partial charge in [-0.2, -0.15) is 0 Å². The van der Waals surface area contributed by atoms with Crippen molar-refractivity contribution in [3.05, 3.63) is 0 Å². The molecule has 1 aliphatic rings. The van der Waals surface area contributed by atoms with Crippen molar-refractivity contribution in [2.75, 3.05) is 13.2 Å². The van der Waals surface area contributed by atoms with Crippen LogP contribution in [0, 0.1) is 5.92 Å². The fourth-order valence-electron chi connectivity index (χ4n) is 1.25. The zero-order valence-corrected chi connectivity index (χ0v) is 8.25. The van der Waals surface area contributed by atoms with E-state index in [0.717, 1.165) is 13.0 Å². The van der Waals surface area contributed by atoms with E-state index in [2.05, 4.69) is 5.32 Å². The summed E-state index contributed by atoms with van der Waals surface area (Å²) in [5.41, 5.74) is 5.69. The van der Waals surface area contributed by atoms with Crippen molar-refractivity contribution in [1.29, 1.82) is 0 Å². The van der Waals surface area contributed by atoms with Gasteiger partial charge in [-0.1, -0.05) is 13.8 Å². The van der Waals surface area contributed by atoms with Crippen molar-refractivity contribution >= 4 is 5.91 Å². The van der Waals surface area contributed by atoms with Gasteiger partial charge in [0.05, 0.1) is 18.7 Å². The summed E-state index contributed by atoms with van der Waals surface area (Å²) >= 11 is 0. The molecule has 0 aliphatic carbocycles. The van der Waals surface area contributed by atoms with E-state index < -0.39 is 6.04 Å². The standard InChI is InChI=1S/C9H18N2O2/c1-6(2)8(10)9(12)11-7-3-4-13-5-7/h6-8H,3-5,10H2,1-2H3,(H,11,12)/t7?,8-/m1/s1. The van der Waals surface area contributed by atoms with Crippen molar-refractivity contribution in [3.63, 3.8) is 0 Å². The molecule has 1 amide bonds. The Balaban J connectivity index is 2.31. The molecule has 1 saturated heterocycles. The summed E-state index contributed by atoms with van der Waals surface area (Å²) in [5.74, 6) is 0.118. The molecule has 0 radical (unpaired) electrons. The van der Waals surface area contributed by atoms with E-state index in [1.165, 1.54) is 0 Å². The second kappa shape index (κ2) is 4.58. The highest BCUT2D eigenvalue weighted by Crippen LogP contribution is 2.05. The molecule has 4 nitrogen and oxygen atoms in total. The molecular weight excluding hydrogens is 168 g/mol. The second-order valence-corrected chi connectivity index (χ2v) is 3.84. The molecule has 2 atom stereocenters. The number of carbonyl (C=O) groups is 1. The first-order chi connectivity index (χ1) is 6.11. The van der Waals surface area contributed by atoms with E-state index in [0.29, 0.717) is 6.61 Å². The predicted octanol–water partition coefficient (Wildman–Crippen LogP) is -0.125. The Hall–Kier alpha value is -0.610. The minimum absolute atomic E-state index is 0.0644. The number of amides is 1. The van der Waals surface area contributed by atoms with E-state index >= 15 is 0 Å². The number of carbonyl (C=O) groups excluding carboxylic acids is 1. The molecule has 1 unspecified atom stereocenters. The van der Waals surface area contributed by atoms with Gasteiger partial charge < -0.3 is 15.8 Å². The fraction of sp³-hybridized carbons (Fsp3) is 0.889. The summed E-state index contributed by atoms with van der Waals surface area (Å²) in [6, 6.07) is -0.238. The van der Waals surface area contributed by atoms with Gasteiger partial charge in [-0.05, 0) is 12.3 Å². The fourth-order valence-corrected chi connectivity index (χ4v) is 1.25. The maximum absolute atomic E-state index is 11.4. The highest BCUT2D eigenvalue weighted by Gasteiger charge is 2.22. The van der Waals surface area contributed by atoms with Gasteiger partial charge in [0.1, 0.15) is 0 Å². The van der Waals surface area contributed by atoms with Gasteiger partial charge >= 0.3 is 0 Å². The summed E-state index contributed by atoms with van der Waals surface area (Å²) in [5, 5.41) is 2.87. The van der Waals surface area contributed by atoms with E-state index in [9.17, 15) is 4.79 Å². The van der Waals surface area contributed by atoms with Gasteiger partial charge in [0, 0.05) is 6.61 Å². The lowest BCUT2D eigenvalue weighted by Crippen LogP contribution is -2.48. The molecule has 1 aliphatic heterocycles. The van der Waals surface area contributed by atoms with Gasteiger partial charge in [-0.25, -0.2) is 0 Å². The maximum atomic E-state index is 11.4. The Morgan fingerprint density at radius 3 is 2.77 bits per heavy atom. The molecule has 76 valence electrons. The molecule has 0 saturated carbocycles. The van der Waals surface area contributed by atoms with E-state index in [1.807, 2.05) is 13.8 Å². The van der Waals surface area contributed by atoms with Crippen molar-refractivity contribution < 1.29 is 9.53 Å². The molecule has 1 heterocycles. The van der Waals surface area contributed by atoms with Crippen molar-refractivity contribution in [3.8, 4) is 0 Å². The number of rotatable bonds is 3. The van der Waals surface area contributed by atoms with Crippen LogP contribution in [-0.4, -0.2) is 31.2 Å². The lowest BCUT2D eigenvalue weighted by atomic mass is 10.0. The molecule has 0 aromatic heterocycles. The van der Waals surface area contributed by atoms with Gasteiger partial charge in [-0.3, -0.25) is 4.79 Å². The highest BCUT2D eigenvalue weighted by atomic mass is 16.5. The first-order valence-corrected chi connectivity index (χ1v) is 4.75. The first kappa shape index (κ1) is 10.5. The maximum Gasteiger partial charge on any atom is 0.237 e. The average molecular weight is 186 g/mol. The Labute approximate surface area is 78.8 Å². The van der Waals surface area contributed by atoms with Crippen LogP contribution < -0.4 is 11.1 Å². The zero-order valence-electron chi connectivity index (χ0n) is 8.25. The van der Waals surface area contributed by atoms with Crippen LogP contribution in [-0.2, 0) is 9.53 Å². The SMILES string of the molecule is CC(C)[C@@H](N)C(=O)NC1CCOC1. The number of hydrogen-bond acceptors (Lipinski definition) is 3. The smallest absolute Gasteiger partial charge is 0.237 e. The molecule has 13 heavy (non-hydrogen) atoms. The van der Waals surface area contributed by atoms with Crippen LogP contribution in [0.5, 0.6) is 0 Å². The second-order valence-electron chi connectivity index (χ2n) is 3.84. The third-order valence-electron chi connectivity index (χ3n) is 2.30. The molecule has 0 aromatic carbocycles. The molecule has 1 fully saturated rings. The summed E-state index contributed by atoms with van der Waals surface area (Å²) in [7, 11) is 0. The van der Waals surface area contributed by atoms with E-state index in [1.54, 1.807) is 0 Å². The van der Waals surface area contributed by atoms with Crippen LogP contribution in [0.25, 0.3) is 0 Å². The van der Waals surface area contributed by atoms with Crippen LogP contribution in [0.3, 0.4) is 0 Å². The van der Waals surface area contributed by atoms with E-state index in [-0.39, 0.29) is 17.9 Å². The van der Waals surface area contributed by atoms with Gasteiger partial charge in [0.2, 0.25) is 5.91 Å². The molecule has 0 aromatic rings. The van der Waals surface area contributed by atoms with Crippen LogP contribution in [0.4, 0.5) is 0 Å². The number of nitrogens with one attached hydrogen (secondary N) is 1. The van der Waals surface area contributed by atoms with Gasteiger partial charge in [0.15, 0.2) is 0 Å². The molecule has 0 spiro atoms. The summed E-state index contributed by atoms with van der Waals surface area (Å²) in [4.78, 5) is 11.4. The molecule has 4 heteroatoms. The topological polar surface area (TPSA) is 64.4 Å². The average Bonchev–Trinajstić information content (AvgIpc) is 2.55. The monoisotopic (exact) mass is 186 g/mol. The van der Waals surface area contributed by atoms with Gasteiger partial charge in [0.25, 0.3) is 0 Å².